The van der Waals surface area contributed by atoms with E-state index < -0.39 is 5.82 Å². The molecule has 1 amide bonds. The predicted octanol–water partition coefficient (Wildman–Crippen LogP) is 4.06. The van der Waals surface area contributed by atoms with Crippen LogP contribution >= 0.6 is 11.6 Å². The zero-order chi connectivity index (χ0) is 15.2. The summed E-state index contributed by atoms with van der Waals surface area (Å²) in [6, 6.07) is 10.1. The number of carbonyl (C=O) groups is 1. The number of hydrogen-bond donors (Lipinski definition) is 2. The van der Waals surface area contributed by atoms with Crippen molar-refractivity contribution in [2.24, 2.45) is 0 Å². The summed E-state index contributed by atoms with van der Waals surface area (Å²) < 4.78 is 26.3. The number of halogens is 3. The first-order valence-corrected chi connectivity index (χ1v) is 6.67. The quantitative estimate of drug-likeness (QED) is 0.874. The molecule has 0 aliphatic rings. The molecule has 2 aromatic rings. The van der Waals surface area contributed by atoms with Crippen LogP contribution in [-0.2, 0) is 4.79 Å². The molecule has 6 heteroatoms. The van der Waals surface area contributed by atoms with Gasteiger partial charge in [-0.15, -0.1) is 0 Å². The lowest BCUT2D eigenvalue weighted by molar-refractivity contribution is -0.115. The summed E-state index contributed by atoms with van der Waals surface area (Å²) in [5, 5.41) is 5.36. The van der Waals surface area contributed by atoms with E-state index in [-0.39, 0.29) is 29.7 Å². The van der Waals surface area contributed by atoms with Gasteiger partial charge in [-0.2, -0.15) is 0 Å². The third kappa shape index (κ3) is 4.43. The summed E-state index contributed by atoms with van der Waals surface area (Å²) in [6.45, 7) is 0.279. The van der Waals surface area contributed by atoms with Crippen LogP contribution in [0.5, 0.6) is 0 Å². The number of hydrogen-bond acceptors (Lipinski definition) is 2. The summed E-state index contributed by atoms with van der Waals surface area (Å²) in [4.78, 5) is 11.7. The summed E-state index contributed by atoms with van der Waals surface area (Å²) in [7, 11) is 0. The number of para-hydroxylation sites is 1. The van der Waals surface area contributed by atoms with Crippen LogP contribution < -0.4 is 10.6 Å². The lowest BCUT2D eigenvalue weighted by Crippen LogP contribution is -2.16. The lowest BCUT2D eigenvalue weighted by Gasteiger charge is -2.08. The average Bonchev–Trinajstić information content (AvgIpc) is 2.45. The Morgan fingerprint density at radius 1 is 1.10 bits per heavy atom. The van der Waals surface area contributed by atoms with Crippen LogP contribution in [0.25, 0.3) is 0 Å². The van der Waals surface area contributed by atoms with Gasteiger partial charge in [-0.3, -0.25) is 4.79 Å². The van der Waals surface area contributed by atoms with Crippen molar-refractivity contribution in [3.8, 4) is 0 Å². The highest BCUT2D eigenvalue weighted by Crippen LogP contribution is 2.19. The molecule has 0 heterocycles. The second-order valence-corrected chi connectivity index (χ2v) is 4.74. The van der Waals surface area contributed by atoms with Crippen molar-refractivity contribution in [2.45, 2.75) is 6.42 Å². The van der Waals surface area contributed by atoms with Gasteiger partial charge in [-0.1, -0.05) is 23.7 Å². The molecule has 0 unspecified atom stereocenters. The molecule has 2 N–H and O–H groups in total. The zero-order valence-corrected chi connectivity index (χ0v) is 11.8. The third-order valence-electron chi connectivity index (χ3n) is 2.74. The van der Waals surface area contributed by atoms with Gasteiger partial charge in [0.25, 0.3) is 0 Å². The molecule has 0 spiro atoms. The fourth-order valence-electron chi connectivity index (χ4n) is 1.71. The first-order chi connectivity index (χ1) is 10.1. The summed E-state index contributed by atoms with van der Waals surface area (Å²) in [6.07, 6.45) is 0.142. The average molecular weight is 311 g/mol. The molecule has 0 saturated carbocycles. The van der Waals surface area contributed by atoms with Crippen molar-refractivity contribution in [1.29, 1.82) is 0 Å². The second kappa shape index (κ2) is 7.04. The maximum atomic E-state index is 13.3. The summed E-state index contributed by atoms with van der Waals surface area (Å²) in [5.74, 6) is -1.19. The van der Waals surface area contributed by atoms with Gasteiger partial charge < -0.3 is 10.6 Å². The molecule has 2 rings (SSSR count). The summed E-state index contributed by atoms with van der Waals surface area (Å²) >= 11 is 5.62. The normalized spacial score (nSPS) is 10.2. The Morgan fingerprint density at radius 2 is 1.86 bits per heavy atom. The minimum absolute atomic E-state index is 0.0581. The Hall–Kier alpha value is -2.14. The Kier molecular flexibility index (Phi) is 5.11. The number of benzene rings is 2. The Balaban J connectivity index is 1.82. The molecule has 0 aliphatic carbocycles. The van der Waals surface area contributed by atoms with Gasteiger partial charge in [-0.05, 0) is 30.3 Å². The minimum Gasteiger partial charge on any atom is -0.382 e. The molecular formula is C15H13ClF2N2O. The molecule has 21 heavy (non-hydrogen) atoms. The van der Waals surface area contributed by atoms with E-state index in [2.05, 4.69) is 10.6 Å². The number of carbonyl (C=O) groups excluding carboxylic acids is 1. The molecule has 110 valence electrons. The van der Waals surface area contributed by atoms with Crippen molar-refractivity contribution >= 4 is 28.9 Å². The largest absolute Gasteiger partial charge is 0.382 e. The molecule has 0 saturated heterocycles. The molecule has 0 aliphatic heterocycles. The highest BCUT2D eigenvalue weighted by molar-refractivity contribution is 6.31. The number of amides is 1. The topological polar surface area (TPSA) is 41.1 Å². The van der Waals surface area contributed by atoms with E-state index in [1.165, 1.54) is 24.3 Å². The zero-order valence-electron chi connectivity index (χ0n) is 11.0. The number of rotatable bonds is 5. The number of anilines is 2. The first kappa shape index (κ1) is 15.3. The highest BCUT2D eigenvalue weighted by atomic mass is 35.5. The van der Waals surface area contributed by atoms with Gasteiger partial charge in [-0.25, -0.2) is 8.78 Å². The van der Waals surface area contributed by atoms with Crippen LogP contribution in [0.3, 0.4) is 0 Å². The van der Waals surface area contributed by atoms with Crippen molar-refractivity contribution < 1.29 is 13.6 Å². The number of nitrogens with one attached hydrogen (secondary N) is 2. The van der Waals surface area contributed by atoms with E-state index in [4.69, 9.17) is 11.6 Å². The van der Waals surface area contributed by atoms with Crippen LogP contribution in [-0.4, -0.2) is 12.5 Å². The van der Waals surface area contributed by atoms with E-state index in [1.807, 2.05) is 0 Å². The lowest BCUT2D eigenvalue weighted by atomic mass is 10.2. The summed E-state index contributed by atoms with van der Waals surface area (Å²) in [5.41, 5.74) is 0.757. The van der Waals surface area contributed by atoms with Crippen molar-refractivity contribution in [2.75, 3.05) is 17.2 Å². The van der Waals surface area contributed by atoms with Gasteiger partial charge in [0, 0.05) is 18.7 Å². The SMILES string of the molecule is O=C(CCNc1ccccc1F)Nc1ccc(F)c(Cl)c1. The molecule has 2 aromatic carbocycles. The fourth-order valence-corrected chi connectivity index (χ4v) is 1.89. The predicted molar refractivity (Wildman–Crippen MR) is 79.5 cm³/mol. The van der Waals surface area contributed by atoms with E-state index in [9.17, 15) is 13.6 Å². The Labute approximate surface area is 125 Å². The van der Waals surface area contributed by atoms with Gasteiger partial charge in [0.2, 0.25) is 5.91 Å². The van der Waals surface area contributed by atoms with Gasteiger partial charge >= 0.3 is 0 Å². The molecular weight excluding hydrogens is 298 g/mol. The van der Waals surface area contributed by atoms with E-state index >= 15 is 0 Å². The van der Waals surface area contributed by atoms with Gasteiger partial charge in [0.1, 0.15) is 11.6 Å². The van der Waals surface area contributed by atoms with Crippen LogP contribution in [0, 0.1) is 11.6 Å². The van der Waals surface area contributed by atoms with Crippen LogP contribution in [0.1, 0.15) is 6.42 Å². The Bertz CT molecular complexity index is 649. The maximum absolute atomic E-state index is 13.3. The molecule has 0 bridgehead atoms. The molecule has 0 radical (unpaired) electrons. The van der Waals surface area contributed by atoms with Crippen LogP contribution in [0.4, 0.5) is 20.2 Å². The highest BCUT2D eigenvalue weighted by Gasteiger charge is 2.06. The molecule has 0 fully saturated rings. The van der Waals surface area contributed by atoms with Crippen molar-refractivity contribution in [3.05, 3.63) is 59.1 Å². The van der Waals surface area contributed by atoms with E-state index in [0.717, 1.165) is 0 Å². The smallest absolute Gasteiger partial charge is 0.226 e. The third-order valence-corrected chi connectivity index (χ3v) is 3.03. The van der Waals surface area contributed by atoms with E-state index in [0.29, 0.717) is 11.4 Å². The van der Waals surface area contributed by atoms with Crippen molar-refractivity contribution in [3.63, 3.8) is 0 Å². The van der Waals surface area contributed by atoms with E-state index in [1.54, 1.807) is 18.2 Å². The van der Waals surface area contributed by atoms with Gasteiger partial charge in [0.15, 0.2) is 0 Å². The standard InChI is InChI=1S/C15H13ClF2N2O/c16-11-9-10(5-6-12(11)17)20-15(21)7-8-19-14-4-2-1-3-13(14)18/h1-6,9,19H,7-8H2,(H,20,21). The Morgan fingerprint density at radius 3 is 2.57 bits per heavy atom. The van der Waals surface area contributed by atoms with Gasteiger partial charge in [0.05, 0.1) is 10.7 Å². The maximum Gasteiger partial charge on any atom is 0.226 e. The van der Waals surface area contributed by atoms with Crippen LogP contribution in [0.15, 0.2) is 42.5 Å². The second-order valence-electron chi connectivity index (χ2n) is 4.33. The monoisotopic (exact) mass is 310 g/mol. The van der Waals surface area contributed by atoms with Crippen molar-refractivity contribution in [1.82, 2.24) is 0 Å². The molecule has 3 nitrogen and oxygen atoms in total. The van der Waals surface area contributed by atoms with Crippen LogP contribution in [0.2, 0.25) is 5.02 Å². The first-order valence-electron chi connectivity index (χ1n) is 6.29. The fraction of sp³-hybridized carbons (Fsp3) is 0.133. The molecule has 0 atom stereocenters. The minimum atomic E-state index is -0.545. The molecule has 0 aromatic heterocycles.